The molecule has 0 unspecified atom stereocenters. The highest BCUT2D eigenvalue weighted by Gasteiger charge is 2.41. The van der Waals surface area contributed by atoms with Crippen LogP contribution < -0.4 is 0 Å². The maximum absolute atomic E-state index is 13.8. The lowest BCUT2D eigenvalue weighted by Crippen LogP contribution is -2.51. The Hall–Kier alpha value is -1.54. The molecule has 1 aliphatic heterocycles. The van der Waals surface area contributed by atoms with Crippen molar-refractivity contribution in [3.8, 4) is 0 Å². The molecule has 2 fully saturated rings. The predicted molar refractivity (Wildman–Crippen MR) is 78.4 cm³/mol. The minimum absolute atomic E-state index is 0.205. The van der Waals surface area contributed by atoms with E-state index in [0.29, 0.717) is 5.56 Å². The van der Waals surface area contributed by atoms with Crippen LogP contribution in [0.4, 0.5) is 4.39 Å². The molecule has 22 heavy (non-hydrogen) atoms. The molecule has 1 saturated heterocycles. The molecular weight excluding hydrogens is 309 g/mol. The van der Waals surface area contributed by atoms with E-state index in [9.17, 15) is 17.6 Å². The Bertz CT molecular complexity index is 695. The van der Waals surface area contributed by atoms with E-state index in [-0.39, 0.29) is 37.1 Å². The zero-order valence-corrected chi connectivity index (χ0v) is 13.1. The van der Waals surface area contributed by atoms with Crippen molar-refractivity contribution in [3.63, 3.8) is 0 Å². The first-order valence-electron chi connectivity index (χ1n) is 7.30. The zero-order chi connectivity index (χ0) is 15.9. The number of nitrogens with zero attached hydrogens (tertiary/aromatic N) is 3. The van der Waals surface area contributed by atoms with Gasteiger partial charge in [0.05, 0.1) is 5.25 Å². The summed E-state index contributed by atoms with van der Waals surface area (Å²) in [4.78, 5) is 17.6. The molecule has 1 amide bonds. The number of carbonyl (C=O) groups excluding carboxylic acids is 1. The summed E-state index contributed by atoms with van der Waals surface area (Å²) in [6.45, 7) is 2.75. The number of piperazine rings is 1. The number of carbonyl (C=O) groups is 1. The number of sulfonamides is 1. The van der Waals surface area contributed by atoms with Gasteiger partial charge in [-0.3, -0.25) is 4.79 Å². The molecule has 0 aromatic carbocycles. The second-order valence-electron chi connectivity index (χ2n) is 5.78. The first kappa shape index (κ1) is 15.4. The van der Waals surface area contributed by atoms with Crippen molar-refractivity contribution in [1.29, 1.82) is 0 Å². The largest absolute Gasteiger partial charge is 0.335 e. The average Bonchev–Trinajstić information content (AvgIpc) is 3.32. The van der Waals surface area contributed by atoms with Gasteiger partial charge in [-0.25, -0.2) is 17.8 Å². The second kappa shape index (κ2) is 5.58. The van der Waals surface area contributed by atoms with E-state index in [1.165, 1.54) is 21.5 Å². The summed E-state index contributed by atoms with van der Waals surface area (Å²) < 4.78 is 39.5. The molecule has 0 radical (unpaired) electrons. The number of aryl methyl sites for hydroxylation is 1. The quantitative estimate of drug-likeness (QED) is 0.822. The Morgan fingerprint density at radius 3 is 2.45 bits per heavy atom. The number of amides is 1. The third-order valence-corrected chi connectivity index (χ3v) is 6.41. The van der Waals surface area contributed by atoms with Crippen LogP contribution in [-0.4, -0.2) is 59.9 Å². The molecule has 8 heteroatoms. The minimum Gasteiger partial charge on any atom is -0.335 e. The summed E-state index contributed by atoms with van der Waals surface area (Å²) in [5.41, 5.74) is 0.443. The van der Waals surface area contributed by atoms with Gasteiger partial charge in [-0.1, -0.05) is 0 Å². The lowest BCUT2D eigenvalue weighted by atomic mass is 10.2. The first-order valence-corrected chi connectivity index (χ1v) is 8.80. The van der Waals surface area contributed by atoms with Gasteiger partial charge in [0.2, 0.25) is 10.0 Å². The van der Waals surface area contributed by atoms with Gasteiger partial charge in [0.15, 0.2) is 11.5 Å². The van der Waals surface area contributed by atoms with Gasteiger partial charge in [-0.2, -0.15) is 4.31 Å². The van der Waals surface area contributed by atoms with Crippen LogP contribution in [0, 0.1) is 12.7 Å². The number of rotatable bonds is 3. The first-order chi connectivity index (χ1) is 10.4. The summed E-state index contributed by atoms with van der Waals surface area (Å²) in [6.07, 6.45) is 2.89. The van der Waals surface area contributed by atoms with E-state index in [1.54, 1.807) is 6.92 Å². The Kier molecular flexibility index (Phi) is 3.90. The fourth-order valence-electron chi connectivity index (χ4n) is 2.56. The lowest BCUT2D eigenvalue weighted by molar-refractivity contribution is 0.0686. The van der Waals surface area contributed by atoms with Gasteiger partial charge in [0.25, 0.3) is 5.91 Å². The third kappa shape index (κ3) is 2.85. The number of pyridine rings is 1. The fraction of sp³-hybridized carbons (Fsp3) is 0.571. The molecule has 0 atom stereocenters. The van der Waals surface area contributed by atoms with Gasteiger partial charge in [-0.15, -0.1) is 0 Å². The van der Waals surface area contributed by atoms with Crippen LogP contribution in [0.3, 0.4) is 0 Å². The second-order valence-corrected chi connectivity index (χ2v) is 7.99. The number of hydrogen-bond donors (Lipinski definition) is 0. The molecule has 1 aliphatic carbocycles. The van der Waals surface area contributed by atoms with E-state index in [2.05, 4.69) is 4.98 Å². The summed E-state index contributed by atoms with van der Waals surface area (Å²) in [6, 6.07) is 1.27. The minimum atomic E-state index is -3.21. The van der Waals surface area contributed by atoms with Crippen LogP contribution in [-0.2, 0) is 10.0 Å². The van der Waals surface area contributed by atoms with Crippen molar-refractivity contribution in [2.45, 2.75) is 25.0 Å². The normalized spacial score (nSPS) is 20.2. The number of aromatic nitrogens is 1. The smallest absolute Gasteiger partial charge is 0.275 e. The van der Waals surface area contributed by atoms with Crippen LogP contribution in [0.25, 0.3) is 0 Å². The predicted octanol–water partition coefficient (Wildman–Crippen LogP) is 0.779. The molecule has 0 N–H and O–H groups in total. The molecule has 120 valence electrons. The Balaban J connectivity index is 1.67. The van der Waals surface area contributed by atoms with E-state index in [4.69, 9.17) is 0 Å². The number of hydrogen-bond acceptors (Lipinski definition) is 4. The molecule has 1 saturated carbocycles. The summed E-state index contributed by atoms with van der Waals surface area (Å²) in [5.74, 6) is -1.13. The van der Waals surface area contributed by atoms with Crippen molar-refractivity contribution in [2.24, 2.45) is 0 Å². The fourth-order valence-corrected chi connectivity index (χ4v) is 4.39. The number of halogens is 1. The van der Waals surface area contributed by atoms with E-state index >= 15 is 0 Å². The standard InChI is InChI=1S/C14H18FN3O3S/c1-10-8-12(15)13(16-9-10)14(19)17-4-6-18(7-5-17)22(20,21)11-2-3-11/h8-9,11H,2-7H2,1H3. The van der Waals surface area contributed by atoms with Crippen molar-refractivity contribution < 1.29 is 17.6 Å². The maximum Gasteiger partial charge on any atom is 0.275 e. The van der Waals surface area contributed by atoms with Crippen LogP contribution in [0.2, 0.25) is 0 Å². The Morgan fingerprint density at radius 1 is 1.27 bits per heavy atom. The molecule has 0 bridgehead atoms. The molecule has 1 aromatic heterocycles. The van der Waals surface area contributed by atoms with Crippen molar-refractivity contribution in [1.82, 2.24) is 14.2 Å². The van der Waals surface area contributed by atoms with E-state index in [0.717, 1.165) is 12.8 Å². The van der Waals surface area contributed by atoms with Crippen molar-refractivity contribution in [3.05, 3.63) is 29.3 Å². The van der Waals surface area contributed by atoms with E-state index in [1.807, 2.05) is 0 Å². The average molecular weight is 327 g/mol. The molecule has 2 aliphatic rings. The van der Waals surface area contributed by atoms with Gasteiger partial charge >= 0.3 is 0 Å². The SMILES string of the molecule is Cc1cnc(C(=O)N2CCN(S(=O)(=O)C3CC3)CC2)c(F)c1. The van der Waals surface area contributed by atoms with Crippen LogP contribution in [0.15, 0.2) is 12.3 Å². The Morgan fingerprint density at radius 2 is 1.91 bits per heavy atom. The molecule has 1 aromatic rings. The van der Waals surface area contributed by atoms with Crippen molar-refractivity contribution >= 4 is 15.9 Å². The van der Waals surface area contributed by atoms with Gasteiger partial charge in [0, 0.05) is 32.4 Å². The van der Waals surface area contributed by atoms with Crippen molar-refractivity contribution in [2.75, 3.05) is 26.2 Å². The summed E-state index contributed by atoms with van der Waals surface area (Å²) in [7, 11) is -3.21. The molecule has 0 spiro atoms. The van der Waals surface area contributed by atoms with Gasteiger partial charge < -0.3 is 4.90 Å². The van der Waals surface area contributed by atoms with Crippen LogP contribution >= 0.6 is 0 Å². The highest BCUT2D eigenvalue weighted by Crippen LogP contribution is 2.31. The van der Waals surface area contributed by atoms with Gasteiger partial charge in [-0.05, 0) is 31.4 Å². The monoisotopic (exact) mass is 327 g/mol. The third-order valence-electron chi connectivity index (χ3n) is 4.01. The van der Waals surface area contributed by atoms with E-state index < -0.39 is 21.7 Å². The summed E-state index contributed by atoms with van der Waals surface area (Å²) >= 11 is 0. The molecular formula is C14H18FN3O3S. The topological polar surface area (TPSA) is 70.6 Å². The zero-order valence-electron chi connectivity index (χ0n) is 12.3. The molecule has 3 rings (SSSR count). The Labute approximate surface area is 129 Å². The molecule has 6 nitrogen and oxygen atoms in total. The highest BCUT2D eigenvalue weighted by molar-refractivity contribution is 7.90. The van der Waals surface area contributed by atoms with Gasteiger partial charge in [0.1, 0.15) is 0 Å². The lowest BCUT2D eigenvalue weighted by Gasteiger charge is -2.33. The van der Waals surface area contributed by atoms with Crippen LogP contribution in [0.1, 0.15) is 28.9 Å². The summed E-state index contributed by atoms with van der Waals surface area (Å²) in [5, 5.41) is -0.244. The highest BCUT2D eigenvalue weighted by atomic mass is 32.2. The maximum atomic E-state index is 13.8. The molecule has 2 heterocycles. The van der Waals surface area contributed by atoms with Crippen LogP contribution in [0.5, 0.6) is 0 Å².